The van der Waals surface area contributed by atoms with Crippen molar-refractivity contribution in [1.29, 1.82) is 0 Å². The van der Waals surface area contributed by atoms with Crippen molar-refractivity contribution >= 4 is 11.9 Å². The number of hydrogen-bond donors (Lipinski definition) is 3. The number of carbonyl (C=O) groups is 2. The van der Waals surface area contributed by atoms with Gasteiger partial charge in [-0.25, -0.2) is 4.79 Å². The van der Waals surface area contributed by atoms with Crippen LogP contribution in [0.2, 0.25) is 0 Å². The summed E-state index contributed by atoms with van der Waals surface area (Å²) in [5.74, 6) is -0.797. The van der Waals surface area contributed by atoms with Crippen LogP contribution in [0.3, 0.4) is 0 Å². The van der Waals surface area contributed by atoms with E-state index in [2.05, 4.69) is 5.32 Å². The lowest BCUT2D eigenvalue weighted by Gasteiger charge is -2.20. The molecule has 5 nitrogen and oxygen atoms in total. The molecule has 0 heterocycles. The maximum Gasteiger partial charge on any atom is 0.332 e. The summed E-state index contributed by atoms with van der Waals surface area (Å²) in [6, 6.07) is 0. The predicted molar refractivity (Wildman–Crippen MR) is 62.5 cm³/mol. The number of carboxylic acid groups (broad SMARTS) is 1. The highest BCUT2D eigenvalue weighted by atomic mass is 16.4. The van der Waals surface area contributed by atoms with Crippen LogP contribution in [0.15, 0.2) is 0 Å². The second-order valence-electron chi connectivity index (χ2n) is 4.70. The molecular formula is C12H21NO4. The summed E-state index contributed by atoms with van der Waals surface area (Å²) in [5.41, 5.74) is 0. The number of amides is 1. The maximum absolute atomic E-state index is 11.5. The van der Waals surface area contributed by atoms with E-state index in [-0.39, 0.29) is 18.9 Å². The van der Waals surface area contributed by atoms with Crippen molar-refractivity contribution in [2.75, 3.05) is 6.54 Å². The van der Waals surface area contributed by atoms with E-state index in [1.165, 1.54) is 19.3 Å². The van der Waals surface area contributed by atoms with Crippen molar-refractivity contribution in [2.24, 2.45) is 5.92 Å². The van der Waals surface area contributed by atoms with Crippen molar-refractivity contribution < 1.29 is 19.8 Å². The van der Waals surface area contributed by atoms with Crippen LogP contribution >= 0.6 is 0 Å². The number of aliphatic carboxylic acids is 1. The van der Waals surface area contributed by atoms with E-state index in [9.17, 15) is 9.59 Å². The molecule has 0 bridgehead atoms. The van der Waals surface area contributed by atoms with Crippen LogP contribution in [-0.4, -0.2) is 34.7 Å². The Kier molecular flexibility index (Phi) is 5.97. The summed E-state index contributed by atoms with van der Waals surface area (Å²) in [5, 5.41) is 20.1. The van der Waals surface area contributed by atoms with Gasteiger partial charge >= 0.3 is 5.97 Å². The molecule has 1 aliphatic carbocycles. The van der Waals surface area contributed by atoms with Gasteiger partial charge in [0.2, 0.25) is 5.91 Å². The molecule has 0 aromatic carbocycles. The third kappa shape index (κ3) is 5.68. The first-order valence-electron chi connectivity index (χ1n) is 6.27. The molecular weight excluding hydrogens is 222 g/mol. The van der Waals surface area contributed by atoms with Gasteiger partial charge in [0.05, 0.1) is 0 Å². The van der Waals surface area contributed by atoms with E-state index in [1.54, 1.807) is 0 Å². The Morgan fingerprint density at radius 1 is 1.24 bits per heavy atom. The molecule has 1 fully saturated rings. The Labute approximate surface area is 101 Å². The summed E-state index contributed by atoms with van der Waals surface area (Å²) in [4.78, 5) is 21.9. The van der Waals surface area contributed by atoms with Crippen molar-refractivity contribution in [2.45, 2.75) is 51.0 Å². The Hall–Kier alpha value is -1.10. The van der Waals surface area contributed by atoms with E-state index in [0.29, 0.717) is 12.3 Å². The number of nitrogens with one attached hydrogen (secondary N) is 1. The highest BCUT2D eigenvalue weighted by molar-refractivity contribution is 5.76. The van der Waals surface area contributed by atoms with Crippen LogP contribution in [0.4, 0.5) is 0 Å². The first kappa shape index (κ1) is 14.0. The van der Waals surface area contributed by atoms with E-state index in [4.69, 9.17) is 10.2 Å². The number of aliphatic hydroxyl groups is 1. The minimum atomic E-state index is -1.38. The zero-order valence-electron chi connectivity index (χ0n) is 10.0. The monoisotopic (exact) mass is 243 g/mol. The van der Waals surface area contributed by atoms with Gasteiger partial charge in [0.15, 0.2) is 6.10 Å². The molecule has 0 saturated heterocycles. The number of carbonyl (C=O) groups excluding carboxylic acids is 1. The summed E-state index contributed by atoms with van der Waals surface area (Å²) >= 11 is 0. The lowest BCUT2D eigenvalue weighted by atomic mass is 9.87. The minimum Gasteiger partial charge on any atom is -0.479 e. The number of aliphatic hydroxyl groups excluding tert-OH is 1. The van der Waals surface area contributed by atoms with Gasteiger partial charge in [-0.1, -0.05) is 19.3 Å². The fourth-order valence-corrected chi connectivity index (χ4v) is 2.20. The summed E-state index contributed by atoms with van der Waals surface area (Å²) in [6.45, 7) is 0.221. The Balaban J connectivity index is 2.10. The van der Waals surface area contributed by atoms with Gasteiger partial charge < -0.3 is 15.5 Å². The van der Waals surface area contributed by atoms with E-state index in [0.717, 1.165) is 12.8 Å². The molecule has 98 valence electrons. The smallest absolute Gasteiger partial charge is 0.332 e. The standard InChI is InChI=1S/C12H21NO4/c14-10(12(16)17)6-7-13-11(15)8-9-4-2-1-3-5-9/h9-10,14H,1-8H2,(H,13,15)(H,16,17)/t10-/m0/s1. The molecule has 3 N–H and O–H groups in total. The molecule has 1 amide bonds. The lowest BCUT2D eigenvalue weighted by molar-refractivity contribution is -0.147. The molecule has 0 aromatic rings. The van der Waals surface area contributed by atoms with Crippen LogP contribution in [0, 0.1) is 5.92 Å². The minimum absolute atomic E-state index is 0.0329. The molecule has 1 rings (SSSR count). The first-order valence-corrected chi connectivity index (χ1v) is 6.27. The second kappa shape index (κ2) is 7.27. The highest BCUT2D eigenvalue weighted by Gasteiger charge is 2.17. The molecule has 0 aromatic heterocycles. The fraction of sp³-hybridized carbons (Fsp3) is 0.833. The number of carboxylic acids is 1. The zero-order valence-corrected chi connectivity index (χ0v) is 10.0. The summed E-state index contributed by atoms with van der Waals surface area (Å²) in [6.07, 6.45) is 5.12. The van der Waals surface area contributed by atoms with Crippen LogP contribution in [0.5, 0.6) is 0 Å². The van der Waals surface area contributed by atoms with E-state index < -0.39 is 12.1 Å². The molecule has 1 aliphatic rings. The number of rotatable bonds is 6. The van der Waals surface area contributed by atoms with Gasteiger partial charge in [-0.05, 0) is 18.8 Å². The van der Waals surface area contributed by atoms with Crippen molar-refractivity contribution in [3.05, 3.63) is 0 Å². The highest BCUT2D eigenvalue weighted by Crippen LogP contribution is 2.25. The van der Waals surface area contributed by atoms with Crippen LogP contribution in [0.25, 0.3) is 0 Å². The average Bonchev–Trinajstić information content (AvgIpc) is 2.30. The normalized spacial score (nSPS) is 18.6. The molecule has 1 saturated carbocycles. The van der Waals surface area contributed by atoms with Crippen LogP contribution < -0.4 is 5.32 Å². The molecule has 0 aliphatic heterocycles. The van der Waals surface area contributed by atoms with E-state index in [1.807, 2.05) is 0 Å². The largest absolute Gasteiger partial charge is 0.479 e. The van der Waals surface area contributed by atoms with Gasteiger partial charge in [-0.3, -0.25) is 4.79 Å². The van der Waals surface area contributed by atoms with Gasteiger partial charge in [-0.2, -0.15) is 0 Å². The Morgan fingerprint density at radius 3 is 2.47 bits per heavy atom. The lowest BCUT2D eigenvalue weighted by Crippen LogP contribution is -2.31. The molecule has 0 radical (unpaired) electrons. The van der Waals surface area contributed by atoms with Gasteiger partial charge in [0, 0.05) is 19.4 Å². The van der Waals surface area contributed by atoms with Crippen molar-refractivity contribution in [1.82, 2.24) is 5.32 Å². The topological polar surface area (TPSA) is 86.6 Å². The Morgan fingerprint density at radius 2 is 1.88 bits per heavy atom. The molecule has 1 atom stereocenters. The third-order valence-electron chi connectivity index (χ3n) is 3.22. The molecule has 0 spiro atoms. The summed E-state index contributed by atoms with van der Waals surface area (Å²) < 4.78 is 0. The predicted octanol–water partition coefficient (Wildman–Crippen LogP) is 0.909. The third-order valence-corrected chi connectivity index (χ3v) is 3.22. The van der Waals surface area contributed by atoms with Gasteiger partial charge in [-0.15, -0.1) is 0 Å². The van der Waals surface area contributed by atoms with Crippen LogP contribution in [0.1, 0.15) is 44.9 Å². The van der Waals surface area contributed by atoms with Crippen LogP contribution in [-0.2, 0) is 9.59 Å². The number of hydrogen-bond acceptors (Lipinski definition) is 3. The van der Waals surface area contributed by atoms with Gasteiger partial charge in [0.1, 0.15) is 0 Å². The average molecular weight is 243 g/mol. The fourth-order valence-electron chi connectivity index (χ4n) is 2.20. The molecule has 5 heteroatoms. The second-order valence-corrected chi connectivity index (χ2v) is 4.70. The zero-order chi connectivity index (χ0) is 12.7. The Bertz CT molecular complexity index is 261. The first-order chi connectivity index (χ1) is 8.09. The van der Waals surface area contributed by atoms with Gasteiger partial charge in [0.25, 0.3) is 0 Å². The maximum atomic E-state index is 11.5. The molecule has 17 heavy (non-hydrogen) atoms. The summed E-state index contributed by atoms with van der Waals surface area (Å²) in [7, 11) is 0. The quantitative estimate of drug-likeness (QED) is 0.647. The van der Waals surface area contributed by atoms with E-state index >= 15 is 0 Å². The van der Waals surface area contributed by atoms with Crippen molar-refractivity contribution in [3.63, 3.8) is 0 Å². The SMILES string of the molecule is O=C(CC1CCCCC1)NCC[C@H](O)C(=O)O. The van der Waals surface area contributed by atoms with Crippen molar-refractivity contribution in [3.8, 4) is 0 Å². The molecule has 0 unspecified atom stereocenters.